The molecule has 0 bridgehead atoms. The summed E-state index contributed by atoms with van der Waals surface area (Å²) < 4.78 is 3.59. The number of nitrogens with one attached hydrogen (secondary N) is 2. The summed E-state index contributed by atoms with van der Waals surface area (Å²) in [5.41, 5.74) is 0.385. The Morgan fingerprint density at radius 1 is 1.67 bits per heavy atom. The highest BCUT2D eigenvalue weighted by Crippen LogP contribution is 1.95. The summed E-state index contributed by atoms with van der Waals surface area (Å²) in [6.07, 6.45) is 0. The molecule has 6 heteroatoms. The number of carbonyl (C=O) groups excluding carboxylic acids is 1. The van der Waals surface area contributed by atoms with Crippen molar-refractivity contribution < 1.29 is 4.79 Å². The summed E-state index contributed by atoms with van der Waals surface area (Å²) >= 11 is 1.17. The van der Waals surface area contributed by atoms with Crippen molar-refractivity contribution in [2.24, 2.45) is 0 Å². The van der Waals surface area contributed by atoms with Crippen LogP contribution in [0.25, 0.3) is 0 Å². The van der Waals surface area contributed by atoms with Gasteiger partial charge in [0.25, 0.3) is 5.91 Å². The molecule has 0 fully saturated rings. The lowest BCUT2D eigenvalue weighted by molar-refractivity contribution is 0.0949. The molecule has 0 atom stereocenters. The minimum absolute atomic E-state index is 0.168. The van der Waals surface area contributed by atoms with E-state index < -0.39 is 0 Å². The van der Waals surface area contributed by atoms with Gasteiger partial charge >= 0.3 is 0 Å². The Bertz CT molecular complexity index is 236. The largest absolute Gasteiger partial charge is 0.349 e. The number of aromatic nitrogens is 2. The van der Waals surface area contributed by atoms with Crippen molar-refractivity contribution in [3.63, 3.8) is 0 Å². The molecule has 0 saturated carbocycles. The van der Waals surface area contributed by atoms with E-state index in [-0.39, 0.29) is 5.91 Å². The Balaban J connectivity index is 2.30. The van der Waals surface area contributed by atoms with Gasteiger partial charge in [-0.05, 0) is 18.6 Å². The molecule has 5 nitrogen and oxygen atoms in total. The fourth-order valence-electron chi connectivity index (χ4n) is 0.655. The van der Waals surface area contributed by atoms with Crippen LogP contribution in [0.4, 0.5) is 0 Å². The quantitative estimate of drug-likeness (QED) is 0.621. The van der Waals surface area contributed by atoms with Crippen molar-refractivity contribution in [3.8, 4) is 0 Å². The van der Waals surface area contributed by atoms with E-state index >= 15 is 0 Å². The highest BCUT2D eigenvalue weighted by Gasteiger charge is 2.06. The van der Waals surface area contributed by atoms with Crippen molar-refractivity contribution in [2.45, 2.75) is 0 Å². The zero-order chi connectivity index (χ0) is 8.81. The summed E-state index contributed by atoms with van der Waals surface area (Å²) in [7, 11) is 1.83. The second kappa shape index (κ2) is 4.78. The van der Waals surface area contributed by atoms with Gasteiger partial charge in [-0.25, -0.2) is 0 Å². The van der Waals surface area contributed by atoms with Crippen LogP contribution in [0.3, 0.4) is 0 Å². The molecule has 1 heterocycles. The van der Waals surface area contributed by atoms with Gasteiger partial charge in [-0.3, -0.25) is 4.79 Å². The molecule has 66 valence electrons. The van der Waals surface area contributed by atoms with Crippen LogP contribution in [0, 0.1) is 0 Å². The molecular formula is C6H10N4OS. The summed E-state index contributed by atoms with van der Waals surface area (Å²) in [6.45, 7) is 1.36. The van der Waals surface area contributed by atoms with Gasteiger partial charge < -0.3 is 10.6 Å². The molecule has 0 aromatic carbocycles. The molecule has 0 aliphatic heterocycles. The Morgan fingerprint density at radius 3 is 3.08 bits per heavy atom. The van der Waals surface area contributed by atoms with Crippen LogP contribution in [0.5, 0.6) is 0 Å². The molecule has 0 saturated heterocycles. The van der Waals surface area contributed by atoms with Crippen LogP contribution < -0.4 is 10.6 Å². The van der Waals surface area contributed by atoms with Gasteiger partial charge in [0, 0.05) is 18.5 Å². The zero-order valence-corrected chi connectivity index (χ0v) is 7.52. The first-order valence-corrected chi connectivity index (χ1v) is 4.38. The summed E-state index contributed by atoms with van der Waals surface area (Å²) in [5, 5.41) is 10.9. The van der Waals surface area contributed by atoms with E-state index in [0.29, 0.717) is 12.2 Å². The van der Waals surface area contributed by atoms with Gasteiger partial charge in [-0.1, -0.05) is 4.49 Å². The maximum absolute atomic E-state index is 11.1. The van der Waals surface area contributed by atoms with Crippen molar-refractivity contribution in [1.29, 1.82) is 0 Å². The monoisotopic (exact) mass is 186 g/mol. The molecule has 0 spiro atoms. The number of hydrogen-bond donors (Lipinski definition) is 2. The predicted molar refractivity (Wildman–Crippen MR) is 46.2 cm³/mol. The van der Waals surface area contributed by atoms with Crippen molar-refractivity contribution in [1.82, 2.24) is 20.2 Å². The first-order chi connectivity index (χ1) is 5.84. The summed E-state index contributed by atoms with van der Waals surface area (Å²) in [6, 6.07) is 0. The molecule has 0 radical (unpaired) electrons. The minimum atomic E-state index is -0.168. The molecule has 0 aliphatic carbocycles. The molecule has 1 aromatic rings. The van der Waals surface area contributed by atoms with Crippen LogP contribution in [0.2, 0.25) is 0 Å². The molecule has 0 aliphatic rings. The summed E-state index contributed by atoms with van der Waals surface area (Å²) in [5.74, 6) is -0.168. The lowest BCUT2D eigenvalue weighted by Gasteiger charge is -2.00. The number of likely N-dealkylation sites (N-methyl/N-ethyl adjacent to an activating group) is 1. The molecule has 1 amide bonds. The number of rotatable bonds is 4. The Hall–Kier alpha value is -1.01. The van der Waals surface area contributed by atoms with E-state index in [4.69, 9.17) is 0 Å². The van der Waals surface area contributed by atoms with E-state index in [2.05, 4.69) is 20.2 Å². The van der Waals surface area contributed by atoms with Crippen LogP contribution in [-0.4, -0.2) is 35.6 Å². The molecule has 2 N–H and O–H groups in total. The molecule has 12 heavy (non-hydrogen) atoms. The second-order valence-electron chi connectivity index (χ2n) is 2.15. The van der Waals surface area contributed by atoms with E-state index in [1.807, 2.05) is 7.05 Å². The van der Waals surface area contributed by atoms with Crippen LogP contribution >= 0.6 is 11.5 Å². The van der Waals surface area contributed by atoms with Crippen molar-refractivity contribution in [3.05, 3.63) is 11.1 Å². The van der Waals surface area contributed by atoms with E-state index in [0.717, 1.165) is 6.54 Å². The van der Waals surface area contributed by atoms with Gasteiger partial charge in [-0.2, -0.15) is 0 Å². The fourth-order valence-corrected chi connectivity index (χ4v) is 1.09. The Morgan fingerprint density at radius 2 is 2.50 bits per heavy atom. The lowest BCUT2D eigenvalue weighted by atomic mass is 10.4. The molecule has 1 aromatic heterocycles. The third-order valence-corrected chi connectivity index (χ3v) is 1.76. The van der Waals surface area contributed by atoms with E-state index in [1.54, 1.807) is 5.38 Å². The maximum Gasteiger partial charge on any atom is 0.272 e. The number of nitrogens with zero attached hydrogens (tertiary/aromatic N) is 2. The third-order valence-electron chi connectivity index (χ3n) is 1.25. The first kappa shape index (κ1) is 9.08. The Labute approximate surface area is 74.3 Å². The van der Waals surface area contributed by atoms with Crippen LogP contribution in [0.1, 0.15) is 10.5 Å². The maximum atomic E-state index is 11.1. The average Bonchev–Trinajstić information content (AvgIpc) is 2.56. The topological polar surface area (TPSA) is 66.9 Å². The number of amides is 1. The Kier molecular flexibility index (Phi) is 3.62. The van der Waals surface area contributed by atoms with Crippen molar-refractivity contribution >= 4 is 17.4 Å². The molecule has 0 unspecified atom stereocenters. The zero-order valence-electron chi connectivity index (χ0n) is 6.70. The highest BCUT2D eigenvalue weighted by atomic mass is 32.1. The van der Waals surface area contributed by atoms with E-state index in [9.17, 15) is 4.79 Å². The van der Waals surface area contributed by atoms with Gasteiger partial charge in [-0.15, -0.1) is 5.10 Å². The highest BCUT2D eigenvalue weighted by molar-refractivity contribution is 7.03. The smallest absolute Gasteiger partial charge is 0.272 e. The molecular weight excluding hydrogens is 176 g/mol. The van der Waals surface area contributed by atoms with E-state index in [1.165, 1.54) is 11.5 Å². The third kappa shape index (κ3) is 2.55. The SMILES string of the molecule is CNCCNC(=O)c1csnn1. The van der Waals surface area contributed by atoms with Gasteiger partial charge in [0.15, 0.2) is 5.69 Å². The van der Waals surface area contributed by atoms with Gasteiger partial charge in [0.2, 0.25) is 0 Å². The van der Waals surface area contributed by atoms with Gasteiger partial charge in [0.1, 0.15) is 0 Å². The fraction of sp³-hybridized carbons (Fsp3) is 0.500. The second-order valence-corrected chi connectivity index (χ2v) is 2.76. The number of hydrogen-bond acceptors (Lipinski definition) is 5. The number of carbonyl (C=O) groups is 1. The van der Waals surface area contributed by atoms with Gasteiger partial charge in [0.05, 0.1) is 0 Å². The van der Waals surface area contributed by atoms with Crippen LogP contribution in [-0.2, 0) is 0 Å². The lowest BCUT2D eigenvalue weighted by Crippen LogP contribution is -2.30. The molecule has 1 rings (SSSR count). The normalized spacial score (nSPS) is 9.75. The minimum Gasteiger partial charge on any atom is -0.349 e. The van der Waals surface area contributed by atoms with Crippen LogP contribution in [0.15, 0.2) is 5.38 Å². The predicted octanol–water partition coefficient (Wildman–Crippen LogP) is -0.513. The summed E-state index contributed by atoms with van der Waals surface area (Å²) in [4.78, 5) is 11.1. The standard InChI is InChI=1S/C6H10N4OS/c1-7-2-3-8-6(11)5-4-12-10-9-5/h4,7H,2-3H2,1H3,(H,8,11). The van der Waals surface area contributed by atoms with Crippen molar-refractivity contribution in [2.75, 3.05) is 20.1 Å². The average molecular weight is 186 g/mol. The first-order valence-electron chi connectivity index (χ1n) is 3.54.